The van der Waals surface area contributed by atoms with E-state index in [1.807, 2.05) is 59.7 Å². The normalized spacial score (nSPS) is 8.37. The van der Waals surface area contributed by atoms with Crippen molar-refractivity contribution in [3.8, 4) is 0 Å². The van der Waals surface area contributed by atoms with Crippen LogP contribution < -0.4 is 0 Å². The van der Waals surface area contributed by atoms with E-state index >= 15 is 0 Å². The Bertz CT molecular complexity index is 653. The van der Waals surface area contributed by atoms with Gasteiger partial charge in [-0.3, -0.25) is 0 Å². The maximum atomic E-state index is 4.15. The third-order valence-corrected chi connectivity index (χ3v) is 3.84. The van der Waals surface area contributed by atoms with E-state index in [0.29, 0.717) is 0 Å². The Hall–Kier alpha value is -2.60. The molecule has 0 N–H and O–H groups in total. The molecule has 0 aliphatic rings. The van der Waals surface area contributed by atoms with Crippen LogP contribution >= 0.6 is 0 Å². The predicted octanol–water partition coefficient (Wildman–Crippen LogP) is 9.36. The molecule has 0 fully saturated rings. The first-order valence-corrected chi connectivity index (χ1v) is 11.6. The van der Waals surface area contributed by atoms with Crippen LogP contribution in [-0.2, 0) is 19.3 Å². The molecule has 0 aromatic heterocycles. The van der Waals surface area contributed by atoms with Crippen LogP contribution in [0.1, 0.15) is 65.2 Å². The molecule has 0 nitrogen and oxygen atoms in total. The van der Waals surface area contributed by atoms with Crippen LogP contribution in [-0.4, -0.2) is 0 Å². The van der Waals surface area contributed by atoms with E-state index in [2.05, 4.69) is 86.3 Å². The molecule has 0 aliphatic heterocycles. The zero-order chi connectivity index (χ0) is 23.0. The standard InChI is InChI=1S/C16H16.C8H10.3C2H6/c1-14(12-15-8-4-2-5-9-15)13-16-10-6-3-7-11-16;1-2-8-6-4-3-5-7-8;3*1-2/h2-11H,1,12-13H2;3-7H,2H2,1H3;3*1-2H3. The summed E-state index contributed by atoms with van der Waals surface area (Å²) in [6.07, 6.45) is 3.08. The minimum Gasteiger partial charge on any atom is -0.0992 e. The smallest absolute Gasteiger partial charge is 0.00665 e. The fraction of sp³-hybridized carbons (Fsp3) is 0.333. The van der Waals surface area contributed by atoms with E-state index in [0.717, 1.165) is 19.3 Å². The number of benzene rings is 3. The predicted molar refractivity (Wildman–Crippen MR) is 139 cm³/mol. The van der Waals surface area contributed by atoms with E-state index in [9.17, 15) is 0 Å². The van der Waals surface area contributed by atoms with Crippen molar-refractivity contribution in [1.82, 2.24) is 0 Å². The van der Waals surface area contributed by atoms with Crippen LogP contribution in [0.25, 0.3) is 0 Å². The molecule has 0 amide bonds. The van der Waals surface area contributed by atoms with Crippen LogP contribution in [0.2, 0.25) is 0 Å². The molecule has 0 heteroatoms. The zero-order valence-electron chi connectivity index (χ0n) is 20.5. The average Bonchev–Trinajstić information content (AvgIpc) is 2.85. The highest BCUT2D eigenvalue weighted by Gasteiger charge is 1.98. The van der Waals surface area contributed by atoms with Gasteiger partial charge >= 0.3 is 0 Å². The van der Waals surface area contributed by atoms with E-state index in [1.54, 1.807) is 0 Å². The van der Waals surface area contributed by atoms with E-state index in [-0.39, 0.29) is 0 Å². The molecule has 0 heterocycles. The number of allylic oxidation sites excluding steroid dienone is 1. The quantitative estimate of drug-likeness (QED) is 0.371. The van der Waals surface area contributed by atoms with Crippen molar-refractivity contribution in [3.05, 3.63) is 120 Å². The van der Waals surface area contributed by atoms with E-state index in [1.165, 1.54) is 22.3 Å². The maximum absolute atomic E-state index is 4.15. The second-order valence-corrected chi connectivity index (χ2v) is 5.91. The van der Waals surface area contributed by atoms with Gasteiger partial charge in [-0.1, -0.05) is 152 Å². The largest absolute Gasteiger partial charge is 0.0992 e. The minimum atomic E-state index is 0.968. The zero-order valence-corrected chi connectivity index (χ0v) is 20.5. The molecule has 0 bridgehead atoms. The molecule has 0 saturated heterocycles. The summed E-state index contributed by atoms with van der Waals surface area (Å²) < 4.78 is 0. The van der Waals surface area contributed by atoms with Gasteiger partial charge in [-0.25, -0.2) is 0 Å². The number of hydrogen-bond acceptors (Lipinski definition) is 0. The number of hydrogen-bond donors (Lipinski definition) is 0. The molecule has 30 heavy (non-hydrogen) atoms. The van der Waals surface area contributed by atoms with Crippen molar-refractivity contribution in [1.29, 1.82) is 0 Å². The first-order valence-electron chi connectivity index (χ1n) is 11.6. The summed E-state index contributed by atoms with van der Waals surface area (Å²) in [4.78, 5) is 0. The third kappa shape index (κ3) is 15.3. The second-order valence-electron chi connectivity index (χ2n) is 5.91. The van der Waals surface area contributed by atoms with Crippen LogP contribution in [0, 0.1) is 0 Å². The van der Waals surface area contributed by atoms with Crippen molar-refractivity contribution in [2.75, 3.05) is 0 Å². The van der Waals surface area contributed by atoms with Crippen LogP contribution in [0.4, 0.5) is 0 Å². The van der Waals surface area contributed by atoms with Crippen molar-refractivity contribution < 1.29 is 0 Å². The molecule has 0 aliphatic carbocycles. The molecular weight excluding hydrogens is 360 g/mol. The van der Waals surface area contributed by atoms with E-state index in [4.69, 9.17) is 0 Å². The van der Waals surface area contributed by atoms with Gasteiger partial charge in [-0.05, 0) is 36.0 Å². The average molecular weight is 405 g/mol. The summed E-state index contributed by atoms with van der Waals surface area (Å²) in [7, 11) is 0. The molecule has 0 spiro atoms. The summed E-state index contributed by atoms with van der Waals surface area (Å²) in [5.41, 5.74) is 5.34. The maximum Gasteiger partial charge on any atom is -0.00665 e. The Labute approximate surface area is 187 Å². The lowest BCUT2D eigenvalue weighted by Gasteiger charge is -2.05. The van der Waals surface area contributed by atoms with Gasteiger partial charge in [0.2, 0.25) is 0 Å². The van der Waals surface area contributed by atoms with Crippen LogP contribution in [0.3, 0.4) is 0 Å². The Morgan fingerprint density at radius 2 is 0.767 bits per heavy atom. The van der Waals surface area contributed by atoms with Crippen molar-refractivity contribution >= 4 is 0 Å². The molecular formula is C30H44. The van der Waals surface area contributed by atoms with Gasteiger partial charge in [-0.2, -0.15) is 0 Å². The van der Waals surface area contributed by atoms with Crippen LogP contribution in [0.5, 0.6) is 0 Å². The van der Waals surface area contributed by atoms with Gasteiger partial charge in [-0.15, -0.1) is 0 Å². The van der Waals surface area contributed by atoms with Gasteiger partial charge in [0.25, 0.3) is 0 Å². The summed E-state index contributed by atoms with van der Waals surface area (Å²) in [6.45, 7) is 18.3. The highest BCUT2D eigenvalue weighted by atomic mass is 14.0. The first kappa shape index (κ1) is 29.6. The fourth-order valence-corrected chi connectivity index (χ4v) is 2.55. The molecule has 0 unspecified atom stereocenters. The minimum absolute atomic E-state index is 0.968. The summed E-state index contributed by atoms with van der Waals surface area (Å²) in [5, 5.41) is 0. The lowest BCUT2D eigenvalue weighted by molar-refractivity contribution is 1.04. The molecule has 0 atom stereocenters. The van der Waals surface area contributed by atoms with Gasteiger partial charge < -0.3 is 0 Å². The Kier molecular flexibility index (Phi) is 22.4. The number of rotatable bonds is 5. The molecule has 3 aromatic rings. The molecule has 164 valence electrons. The Morgan fingerprint density at radius 3 is 1.00 bits per heavy atom. The van der Waals surface area contributed by atoms with Gasteiger partial charge in [0.1, 0.15) is 0 Å². The van der Waals surface area contributed by atoms with Crippen molar-refractivity contribution in [3.63, 3.8) is 0 Å². The van der Waals surface area contributed by atoms with Gasteiger partial charge in [0.05, 0.1) is 0 Å². The summed E-state index contributed by atoms with van der Waals surface area (Å²) in [5.74, 6) is 0. The van der Waals surface area contributed by atoms with Gasteiger partial charge in [0.15, 0.2) is 0 Å². The van der Waals surface area contributed by atoms with Crippen molar-refractivity contribution in [2.24, 2.45) is 0 Å². The molecule has 0 saturated carbocycles. The first-order chi connectivity index (χ1) is 14.8. The summed E-state index contributed by atoms with van der Waals surface area (Å²) >= 11 is 0. The van der Waals surface area contributed by atoms with Gasteiger partial charge in [0, 0.05) is 0 Å². The van der Waals surface area contributed by atoms with E-state index < -0.39 is 0 Å². The highest BCUT2D eigenvalue weighted by Crippen LogP contribution is 2.11. The third-order valence-electron chi connectivity index (χ3n) is 3.84. The summed E-state index contributed by atoms with van der Waals surface area (Å²) in [6, 6.07) is 31.4. The topological polar surface area (TPSA) is 0 Å². The fourth-order valence-electron chi connectivity index (χ4n) is 2.55. The monoisotopic (exact) mass is 404 g/mol. The van der Waals surface area contributed by atoms with Crippen LogP contribution in [0.15, 0.2) is 103 Å². The Morgan fingerprint density at radius 1 is 0.500 bits per heavy atom. The molecule has 0 radical (unpaired) electrons. The highest BCUT2D eigenvalue weighted by molar-refractivity contribution is 5.25. The lowest BCUT2D eigenvalue weighted by Crippen LogP contribution is -1.93. The molecule has 3 aromatic carbocycles. The molecule has 3 rings (SSSR count). The lowest BCUT2D eigenvalue weighted by atomic mass is 10.00. The van der Waals surface area contributed by atoms with Crippen molar-refractivity contribution in [2.45, 2.75) is 67.7 Å². The Balaban J connectivity index is 0. The number of aryl methyl sites for hydroxylation is 1. The second kappa shape index (κ2) is 22.7. The SMILES string of the molecule is C=C(Cc1ccccc1)Cc1ccccc1.CC.CC.CC.CCc1ccccc1.